The van der Waals surface area contributed by atoms with Gasteiger partial charge >= 0.3 is 0 Å². The summed E-state index contributed by atoms with van der Waals surface area (Å²) in [5.41, 5.74) is 7.70. The van der Waals surface area contributed by atoms with Crippen molar-refractivity contribution in [2.75, 3.05) is 0 Å². The zero-order valence-corrected chi connectivity index (χ0v) is 15.6. The van der Waals surface area contributed by atoms with Crippen molar-refractivity contribution < 1.29 is 9.21 Å². The minimum absolute atomic E-state index is 0.0168. The summed E-state index contributed by atoms with van der Waals surface area (Å²) in [5, 5.41) is 3.34. The van der Waals surface area contributed by atoms with Gasteiger partial charge in [0.15, 0.2) is 5.69 Å². The van der Waals surface area contributed by atoms with Gasteiger partial charge in [-0.05, 0) is 68.3 Å². The average molecular weight is 365 g/mol. The van der Waals surface area contributed by atoms with Crippen LogP contribution in [0.3, 0.4) is 0 Å². The number of hydrogen-bond donors (Lipinski definition) is 2. The van der Waals surface area contributed by atoms with Crippen LogP contribution in [-0.2, 0) is 6.42 Å². The Morgan fingerprint density at radius 1 is 1.15 bits per heavy atom. The summed E-state index contributed by atoms with van der Waals surface area (Å²) in [6, 6.07) is 9.66. The minimum atomic E-state index is -0.353. The van der Waals surface area contributed by atoms with Gasteiger partial charge in [0.05, 0.1) is 6.04 Å². The highest BCUT2D eigenvalue weighted by molar-refractivity contribution is 5.92. The molecule has 6 rings (SSSR count). The van der Waals surface area contributed by atoms with E-state index in [4.69, 9.17) is 10.2 Å². The molecule has 4 bridgehead atoms. The second-order valence-corrected chi connectivity index (χ2v) is 9.02. The molecule has 0 spiro atoms. The number of nitrogens with two attached hydrogens (primary N) is 1. The summed E-state index contributed by atoms with van der Waals surface area (Å²) in [6.07, 6.45) is 9.55. The maximum Gasteiger partial charge on any atom is 0.273 e. The first-order valence-electron chi connectivity index (χ1n) is 10.2. The van der Waals surface area contributed by atoms with Gasteiger partial charge in [0, 0.05) is 5.54 Å². The molecule has 4 saturated carbocycles. The van der Waals surface area contributed by atoms with E-state index in [2.05, 4.69) is 10.3 Å². The third-order valence-corrected chi connectivity index (χ3v) is 6.79. The number of rotatable bonds is 5. The molecule has 1 aromatic heterocycles. The molecular weight excluding hydrogens is 338 g/mol. The molecule has 0 radical (unpaired) electrons. The molecule has 1 aromatic carbocycles. The third-order valence-electron chi connectivity index (χ3n) is 6.79. The van der Waals surface area contributed by atoms with Gasteiger partial charge in [-0.3, -0.25) is 4.79 Å². The van der Waals surface area contributed by atoms with Crippen molar-refractivity contribution in [1.82, 2.24) is 10.3 Å². The van der Waals surface area contributed by atoms with Gasteiger partial charge in [0.1, 0.15) is 6.26 Å². The van der Waals surface area contributed by atoms with Gasteiger partial charge in [-0.25, -0.2) is 4.98 Å². The lowest BCUT2D eigenvalue weighted by Crippen LogP contribution is -2.59. The molecule has 5 heteroatoms. The normalized spacial score (nSPS) is 32.4. The third kappa shape index (κ3) is 3.29. The molecule has 0 saturated heterocycles. The standard InChI is InChI=1S/C22H27N3O2/c23-18(9-14-4-2-1-3-5-14)21-24-19(13-27-21)20(26)25-22-10-15-6-16(11-22)8-17(7-15)12-22/h1-5,13,15-18H,6-12,23H2,(H,25,26). The SMILES string of the molecule is NC(Cc1ccccc1)c1nc(C(=O)NC23CC4CC(CC(C4)C2)C3)co1. The number of hydrogen-bond acceptors (Lipinski definition) is 4. The molecule has 5 nitrogen and oxygen atoms in total. The van der Waals surface area contributed by atoms with E-state index in [9.17, 15) is 4.79 Å². The highest BCUT2D eigenvalue weighted by Gasteiger charge is 2.51. The number of amides is 1. The first-order chi connectivity index (χ1) is 13.1. The van der Waals surface area contributed by atoms with Gasteiger partial charge in [-0.15, -0.1) is 0 Å². The fourth-order valence-corrected chi connectivity index (χ4v) is 6.09. The van der Waals surface area contributed by atoms with E-state index in [-0.39, 0.29) is 17.5 Å². The molecule has 4 aliphatic rings. The van der Waals surface area contributed by atoms with Gasteiger partial charge in [0.25, 0.3) is 5.91 Å². The molecule has 2 aromatic rings. The zero-order valence-electron chi connectivity index (χ0n) is 15.6. The molecule has 3 N–H and O–H groups in total. The van der Waals surface area contributed by atoms with Crippen molar-refractivity contribution in [2.45, 2.75) is 56.5 Å². The van der Waals surface area contributed by atoms with Crippen LogP contribution >= 0.6 is 0 Å². The molecule has 27 heavy (non-hydrogen) atoms. The molecule has 0 aliphatic heterocycles. The minimum Gasteiger partial charge on any atom is -0.446 e. The van der Waals surface area contributed by atoms with Crippen LogP contribution in [0.15, 0.2) is 41.0 Å². The Balaban J connectivity index is 1.26. The number of nitrogens with zero attached hydrogens (tertiary/aromatic N) is 1. The molecule has 1 amide bonds. The van der Waals surface area contributed by atoms with E-state index in [1.165, 1.54) is 25.5 Å². The van der Waals surface area contributed by atoms with E-state index >= 15 is 0 Å². The van der Waals surface area contributed by atoms with Crippen molar-refractivity contribution in [3.8, 4) is 0 Å². The Morgan fingerprint density at radius 2 is 1.78 bits per heavy atom. The summed E-state index contributed by atoms with van der Waals surface area (Å²) in [7, 11) is 0. The van der Waals surface area contributed by atoms with E-state index in [1.54, 1.807) is 0 Å². The van der Waals surface area contributed by atoms with Gasteiger partial charge < -0.3 is 15.5 Å². The first-order valence-corrected chi connectivity index (χ1v) is 10.2. The Morgan fingerprint density at radius 3 is 2.41 bits per heavy atom. The van der Waals surface area contributed by atoms with Crippen molar-refractivity contribution in [1.29, 1.82) is 0 Å². The summed E-state index contributed by atoms with van der Waals surface area (Å²) in [5.74, 6) is 2.70. The Labute approximate surface area is 159 Å². The van der Waals surface area contributed by atoms with Crippen molar-refractivity contribution in [2.24, 2.45) is 23.5 Å². The lowest BCUT2D eigenvalue weighted by atomic mass is 9.53. The summed E-state index contributed by atoms with van der Waals surface area (Å²) < 4.78 is 5.54. The van der Waals surface area contributed by atoms with Crippen LogP contribution < -0.4 is 11.1 Å². The monoisotopic (exact) mass is 365 g/mol. The van der Waals surface area contributed by atoms with E-state index in [0.717, 1.165) is 42.6 Å². The highest BCUT2D eigenvalue weighted by atomic mass is 16.3. The molecule has 1 heterocycles. The van der Waals surface area contributed by atoms with Gasteiger partial charge in [-0.2, -0.15) is 0 Å². The second kappa shape index (κ2) is 6.48. The smallest absolute Gasteiger partial charge is 0.273 e. The maximum atomic E-state index is 12.8. The number of carbonyl (C=O) groups excluding carboxylic acids is 1. The van der Waals surface area contributed by atoms with Crippen molar-refractivity contribution in [3.05, 3.63) is 53.7 Å². The molecule has 142 valence electrons. The topological polar surface area (TPSA) is 81.1 Å². The Kier molecular flexibility index (Phi) is 4.08. The number of carbonyl (C=O) groups is 1. The van der Waals surface area contributed by atoms with Crippen LogP contribution in [0, 0.1) is 17.8 Å². The molecule has 4 fully saturated rings. The maximum absolute atomic E-state index is 12.8. The first kappa shape index (κ1) is 17.0. The summed E-state index contributed by atoms with van der Waals surface area (Å²) in [6.45, 7) is 0. The summed E-state index contributed by atoms with van der Waals surface area (Å²) >= 11 is 0. The van der Waals surface area contributed by atoms with Crippen LogP contribution in [0.1, 0.15) is 66.5 Å². The van der Waals surface area contributed by atoms with Crippen LogP contribution in [0.25, 0.3) is 0 Å². The Bertz CT molecular complexity index is 794. The van der Waals surface area contributed by atoms with Crippen molar-refractivity contribution in [3.63, 3.8) is 0 Å². The highest BCUT2D eigenvalue weighted by Crippen LogP contribution is 2.55. The lowest BCUT2D eigenvalue weighted by Gasteiger charge is -2.56. The fraction of sp³-hybridized carbons (Fsp3) is 0.545. The second-order valence-electron chi connectivity index (χ2n) is 9.02. The molecule has 1 atom stereocenters. The van der Waals surface area contributed by atoms with Crippen LogP contribution in [-0.4, -0.2) is 16.4 Å². The number of aromatic nitrogens is 1. The van der Waals surface area contributed by atoms with Crippen LogP contribution in [0.4, 0.5) is 0 Å². The predicted molar refractivity (Wildman–Crippen MR) is 102 cm³/mol. The molecular formula is C22H27N3O2. The van der Waals surface area contributed by atoms with E-state index in [0.29, 0.717) is 18.0 Å². The zero-order chi connectivity index (χ0) is 18.4. The van der Waals surface area contributed by atoms with E-state index < -0.39 is 0 Å². The largest absolute Gasteiger partial charge is 0.446 e. The van der Waals surface area contributed by atoms with Crippen LogP contribution in [0.5, 0.6) is 0 Å². The number of benzene rings is 1. The average Bonchev–Trinajstić information content (AvgIpc) is 3.11. The van der Waals surface area contributed by atoms with Crippen LogP contribution in [0.2, 0.25) is 0 Å². The molecule has 4 aliphatic carbocycles. The van der Waals surface area contributed by atoms with E-state index in [1.807, 2.05) is 30.3 Å². The van der Waals surface area contributed by atoms with Gasteiger partial charge in [-0.1, -0.05) is 30.3 Å². The lowest BCUT2D eigenvalue weighted by molar-refractivity contribution is -0.0167. The van der Waals surface area contributed by atoms with Crippen molar-refractivity contribution >= 4 is 5.91 Å². The molecule has 1 unspecified atom stereocenters. The summed E-state index contributed by atoms with van der Waals surface area (Å²) in [4.78, 5) is 17.2. The number of nitrogens with one attached hydrogen (secondary N) is 1. The number of oxazole rings is 1. The quantitative estimate of drug-likeness (QED) is 0.848. The predicted octanol–water partition coefficient (Wildman–Crippen LogP) is 3.62. The fourth-order valence-electron chi connectivity index (χ4n) is 6.09. The van der Waals surface area contributed by atoms with Gasteiger partial charge in [0.2, 0.25) is 5.89 Å². The Hall–Kier alpha value is -2.14.